The van der Waals surface area contributed by atoms with E-state index in [-0.39, 0.29) is 17.6 Å². The van der Waals surface area contributed by atoms with E-state index < -0.39 is 0 Å². The molecule has 0 fully saturated rings. The summed E-state index contributed by atoms with van der Waals surface area (Å²) in [4.78, 5) is 4.31. The summed E-state index contributed by atoms with van der Waals surface area (Å²) in [6.45, 7) is 2.65. The van der Waals surface area contributed by atoms with Gasteiger partial charge in [-0.25, -0.2) is 9.07 Å². The smallest absolute Gasteiger partial charge is 0.221 e. The third-order valence-electron chi connectivity index (χ3n) is 3.29. The van der Waals surface area contributed by atoms with Gasteiger partial charge in [-0.1, -0.05) is 6.07 Å². The van der Waals surface area contributed by atoms with Gasteiger partial charge < -0.3 is 10.1 Å². The van der Waals surface area contributed by atoms with Crippen molar-refractivity contribution in [3.63, 3.8) is 0 Å². The van der Waals surface area contributed by atoms with E-state index in [0.717, 1.165) is 24.5 Å². The van der Waals surface area contributed by atoms with E-state index in [4.69, 9.17) is 4.74 Å². The van der Waals surface area contributed by atoms with Crippen LogP contribution in [0.3, 0.4) is 0 Å². The lowest BCUT2D eigenvalue weighted by molar-refractivity contribution is 0.384. The van der Waals surface area contributed by atoms with Crippen molar-refractivity contribution in [2.75, 3.05) is 19.0 Å². The van der Waals surface area contributed by atoms with Crippen LogP contribution in [-0.4, -0.2) is 28.4 Å². The maximum absolute atomic E-state index is 13.8. The minimum Gasteiger partial charge on any atom is -0.494 e. The van der Waals surface area contributed by atoms with E-state index in [2.05, 4.69) is 15.4 Å². The Morgan fingerprint density at radius 3 is 3.05 bits per heavy atom. The van der Waals surface area contributed by atoms with Crippen molar-refractivity contribution in [2.45, 2.75) is 19.4 Å². The van der Waals surface area contributed by atoms with Gasteiger partial charge in [0.2, 0.25) is 5.95 Å². The second-order valence-corrected chi connectivity index (χ2v) is 4.55. The Balaban J connectivity index is 2.01. The highest BCUT2D eigenvalue weighted by molar-refractivity contribution is 5.36. The molecular formula is C13H15FN4O. The molecule has 1 atom stereocenters. The van der Waals surface area contributed by atoms with Crippen molar-refractivity contribution in [1.29, 1.82) is 0 Å². The molecule has 0 saturated heterocycles. The lowest BCUT2D eigenvalue weighted by Crippen LogP contribution is -2.24. The summed E-state index contributed by atoms with van der Waals surface area (Å²) in [7, 11) is 1.46. The Morgan fingerprint density at radius 1 is 1.47 bits per heavy atom. The highest BCUT2D eigenvalue weighted by Crippen LogP contribution is 2.30. The molecule has 1 aromatic carbocycles. The number of nitrogens with one attached hydrogen (secondary N) is 1. The Labute approximate surface area is 110 Å². The van der Waals surface area contributed by atoms with Crippen LogP contribution in [-0.2, 0) is 0 Å². The fraction of sp³-hybridized carbons (Fsp3) is 0.385. The SMILES string of the molecule is COc1ccc(C2CCNc3nc(C)nn32)cc1F. The van der Waals surface area contributed by atoms with Crippen molar-refractivity contribution >= 4 is 5.95 Å². The lowest BCUT2D eigenvalue weighted by atomic mass is 10.0. The normalized spacial score (nSPS) is 17.7. The van der Waals surface area contributed by atoms with Crippen molar-refractivity contribution in [1.82, 2.24) is 14.8 Å². The predicted octanol–water partition coefficient (Wildman–Crippen LogP) is 2.14. The Bertz CT molecular complexity index is 611. The van der Waals surface area contributed by atoms with Crippen LogP contribution < -0.4 is 10.1 Å². The first-order chi connectivity index (χ1) is 9.19. The molecule has 1 aliphatic heterocycles. The molecule has 2 heterocycles. The summed E-state index contributed by atoms with van der Waals surface area (Å²) in [5, 5.41) is 7.56. The van der Waals surface area contributed by atoms with E-state index in [1.165, 1.54) is 13.2 Å². The zero-order valence-corrected chi connectivity index (χ0v) is 10.9. The van der Waals surface area contributed by atoms with Crippen LogP contribution >= 0.6 is 0 Å². The first-order valence-corrected chi connectivity index (χ1v) is 6.19. The largest absolute Gasteiger partial charge is 0.494 e. The summed E-state index contributed by atoms with van der Waals surface area (Å²) in [5.74, 6) is 1.36. The molecule has 0 bridgehead atoms. The number of hydrogen-bond donors (Lipinski definition) is 1. The van der Waals surface area contributed by atoms with Gasteiger partial charge in [0.25, 0.3) is 0 Å². The van der Waals surface area contributed by atoms with Gasteiger partial charge in [0, 0.05) is 6.54 Å². The fourth-order valence-corrected chi connectivity index (χ4v) is 2.41. The molecule has 6 heteroatoms. The number of fused-ring (bicyclic) bond motifs is 1. The highest BCUT2D eigenvalue weighted by Gasteiger charge is 2.24. The summed E-state index contributed by atoms with van der Waals surface area (Å²) in [6, 6.07) is 5.04. The average Bonchev–Trinajstić information content (AvgIpc) is 2.78. The molecule has 2 aromatic rings. The monoisotopic (exact) mass is 262 g/mol. The summed E-state index contributed by atoms with van der Waals surface area (Å²) >= 11 is 0. The molecule has 100 valence electrons. The number of halogens is 1. The highest BCUT2D eigenvalue weighted by atomic mass is 19.1. The van der Waals surface area contributed by atoms with Gasteiger partial charge in [-0.15, -0.1) is 0 Å². The van der Waals surface area contributed by atoms with Crippen molar-refractivity contribution < 1.29 is 9.13 Å². The number of aromatic nitrogens is 3. The molecule has 1 unspecified atom stereocenters. The minimum absolute atomic E-state index is 0.0119. The van der Waals surface area contributed by atoms with Gasteiger partial charge in [0.1, 0.15) is 5.82 Å². The van der Waals surface area contributed by atoms with E-state index in [1.807, 2.05) is 17.7 Å². The van der Waals surface area contributed by atoms with Crippen LogP contribution in [0.2, 0.25) is 0 Å². The van der Waals surface area contributed by atoms with Crippen molar-refractivity contribution in [2.24, 2.45) is 0 Å². The number of hydrogen-bond acceptors (Lipinski definition) is 4. The fourth-order valence-electron chi connectivity index (χ4n) is 2.41. The van der Waals surface area contributed by atoms with Gasteiger partial charge in [-0.2, -0.15) is 10.1 Å². The Hall–Kier alpha value is -2.11. The van der Waals surface area contributed by atoms with Gasteiger partial charge in [-0.05, 0) is 31.0 Å². The Morgan fingerprint density at radius 2 is 2.32 bits per heavy atom. The van der Waals surface area contributed by atoms with Crippen LogP contribution in [0.5, 0.6) is 5.75 Å². The van der Waals surface area contributed by atoms with Crippen LogP contribution in [0, 0.1) is 12.7 Å². The van der Waals surface area contributed by atoms with Crippen LogP contribution in [0.25, 0.3) is 0 Å². The quantitative estimate of drug-likeness (QED) is 0.901. The molecule has 0 spiro atoms. The van der Waals surface area contributed by atoms with E-state index in [9.17, 15) is 4.39 Å². The number of benzene rings is 1. The van der Waals surface area contributed by atoms with E-state index in [0.29, 0.717) is 5.82 Å². The standard InChI is InChI=1S/C13H15FN4O/c1-8-16-13-15-6-5-11(18(13)17-8)9-3-4-12(19-2)10(14)7-9/h3-4,7,11H,5-6H2,1-2H3,(H,15,16,17). The number of nitrogens with zero attached hydrogens (tertiary/aromatic N) is 3. The minimum atomic E-state index is -0.350. The van der Waals surface area contributed by atoms with Crippen LogP contribution in [0.15, 0.2) is 18.2 Å². The van der Waals surface area contributed by atoms with Crippen LogP contribution in [0.4, 0.5) is 10.3 Å². The van der Waals surface area contributed by atoms with Crippen molar-refractivity contribution in [3.8, 4) is 5.75 Å². The van der Waals surface area contributed by atoms with Gasteiger partial charge >= 0.3 is 0 Å². The Kier molecular flexibility index (Phi) is 2.85. The topological polar surface area (TPSA) is 52.0 Å². The molecule has 0 amide bonds. The predicted molar refractivity (Wildman–Crippen MR) is 69.0 cm³/mol. The molecule has 1 aromatic heterocycles. The molecule has 0 radical (unpaired) electrons. The number of methoxy groups -OCH3 is 1. The molecule has 1 N–H and O–H groups in total. The van der Waals surface area contributed by atoms with Crippen LogP contribution in [0.1, 0.15) is 23.9 Å². The molecule has 3 rings (SSSR count). The average molecular weight is 262 g/mol. The lowest BCUT2D eigenvalue weighted by Gasteiger charge is -2.24. The van der Waals surface area contributed by atoms with E-state index in [1.54, 1.807) is 6.07 Å². The molecule has 0 aliphatic carbocycles. The zero-order chi connectivity index (χ0) is 13.4. The molecule has 1 aliphatic rings. The zero-order valence-electron chi connectivity index (χ0n) is 10.9. The molecular weight excluding hydrogens is 247 g/mol. The molecule has 5 nitrogen and oxygen atoms in total. The third-order valence-corrected chi connectivity index (χ3v) is 3.29. The summed E-state index contributed by atoms with van der Waals surface area (Å²) in [6.07, 6.45) is 0.849. The summed E-state index contributed by atoms with van der Waals surface area (Å²) < 4.78 is 20.6. The maximum Gasteiger partial charge on any atom is 0.221 e. The molecule has 0 saturated carbocycles. The first kappa shape index (κ1) is 12.0. The third kappa shape index (κ3) is 2.03. The number of ether oxygens (including phenoxy) is 1. The second kappa shape index (κ2) is 4.53. The second-order valence-electron chi connectivity index (χ2n) is 4.55. The van der Waals surface area contributed by atoms with Gasteiger partial charge in [0.15, 0.2) is 11.6 Å². The van der Waals surface area contributed by atoms with Crippen molar-refractivity contribution in [3.05, 3.63) is 35.4 Å². The first-order valence-electron chi connectivity index (χ1n) is 6.19. The number of anilines is 1. The van der Waals surface area contributed by atoms with Gasteiger partial charge in [0.05, 0.1) is 13.2 Å². The van der Waals surface area contributed by atoms with Gasteiger partial charge in [-0.3, -0.25) is 0 Å². The van der Waals surface area contributed by atoms with E-state index >= 15 is 0 Å². The number of aryl methyl sites for hydroxylation is 1. The maximum atomic E-state index is 13.8. The number of rotatable bonds is 2. The molecule has 19 heavy (non-hydrogen) atoms. The summed E-state index contributed by atoms with van der Waals surface area (Å²) in [5.41, 5.74) is 0.881.